The Balaban J connectivity index is 1.50. The summed E-state index contributed by atoms with van der Waals surface area (Å²) in [6, 6.07) is 10.6. The van der Waals surface area contributed by atoms with Gasteiger partial charge in [-0.3, -0.25) is 0 Å². The van der Waals surface area contributed by atoms with Gasteiger partial charge in [-0.1, -0.05) is 35.5 Å². The third-order valence-electron chi connectivity index (χ3n) is 3.69. The molecule has 0 radical (unpaired) electrons. The van der Waals surface area contributed by atoms with Gasteiger partial charge in [0.2, 0.25) is 0 Å². The monoisotopic (exact) mass is 256 g/mol. The lowest BCUT2D eigenvalue weighted by Crippen LogP contribution is -2.06. The Morgan fingerprint density at radius 2 is 1.95 bits per heavy atom. The molecule has 2 aromatic rings. The smallest absolute Gasteiger partial charge is 0.169 e. The van der Waals surface area contributed by atoms with Crippen LogP contribution < -0.4 is 5.73 Å². The van der Waals surface area contributed by atoms with E-state index in [0.717, 1.165) is 19.4 Å². The molecule has 0 spiro atoms. The van der Waals surface area contributed by atoms with Crippen LogP contribution in [-0.2, 0) is 13.0 Å². The molecule has 1 aromatic heterocycles. The van der Waals surface area contributed by atoms with E-state index in [-0.39, 0.29) is 0 Å². The topological polar surface area (TPSA) is 56.7 Å². The molecule has 1 aromatic carbocycles. The molecular weight excluding hydrogens is 236 g/mol. The third-order valence-corrected chi connectivity index (χ3v) is 3.69. The predicted molar refractivity (Wildman–Crippen MR) is 75.8 cm³/mol. The maximum Gasteiger partial charge on any atom is 0.169 e. The van der Waals surface area contributed by atoms with E-state index >= 15 is 0 Å². The third kappa shape index (κ3) is 2.95. The summed E-state index contributed by atoms with van der Waals surface area (Å²) in [6.45, 7) is 0.933. The second-order valence-corrected chi connectivity index (χ2v) is 5.30. The number of anilines is 1. The molecule has 100 valence electrons. The SMILES string of the molecule is Nc1nnn(CCCCc2ccccc2)c1C1CC1. The molecule has 3 rings (SSSR count). The summed E-state index contributed by atoms with van der Waals surface area (Å²) in [5, 5.41) is 8.17. The number of benzene rings is 1. The summed E-state index contributed by atoms with van der Waals surface area (Å²) in [7, 11) is 0. The van der Waals surface area contributed by atoms with E-state index in [1.807, 2.05) is 4.68 Å². The van der Waals surface area contributed by atoms with Crippen molar-refractivity contribution in [3.63, 3.8) is 0 Å². The van der Waals surface area contributed by atoms with Gasteiger partial charge in [-0.15, -0.1) is 5.10 Å². The molecule has 4 nitrogen and oxygen atoms in total. The van der Waals surface area contributed by atoms with Crippen LogP contribution in [0.4, 0.5) is 5.82 Å². The zero-order valence-electron chi connectivity index (χ0n) is 11.1. The van der Waals surface area contributed by atoms with E-state index < -0.39 is 0 Å². The van der Waals surface area contributed by atoms with Gasteiger partial charge >= 0.3 is 0 Å². The van der Waals surface area contributed by atoms with Crippen LogP contribution in [0.25, 0.3) is 0 Å². The molecule has 0 bridgehead atoms. The molecule has 19 heavy (non-hydrogen) atoms. The highest BCUT2D eigenvalue weighted by molar-refractivity contribution is 5.38. The van der Waals surface area contributed by atoms with Crippen molar-refractivity contribution in [2.75, 3.05) is 5.73 Å². The van der Waals surface area contributed by atoms with Crippen molar-refractivity contribution in [2.45, 2.75) is 44.6 Å². The molecular formula is C15H20N4. The number of rotatable bonds is 6. The van der Waals surface area contributed by atoms with Crippen LogP contribution in [-0.4, -0.2) is 15.0 Å². The van der Waals surface area contributed by atoms with Gasteiger partial charge in [-0.2, -0.15) is 0 Å². The molecule has 0 aliphatic heterocycles. The van der Waals surface area contributed by atoms with E-state index in [1.54, 1.807) is 0 Å². The van der Waals surface area contributed by atoms with Crippen molar-refractivity contribution in [1.29, 1.82) is 0 Å². The second-order valence-electron chi connectivity index (χ2n) is 5.30. The average Bonchev–Trinajstić information content (AvgIpc) is 3.20. The van der Waals surface area contributed by atoms with E-state index in [2.05, 4.69) is 40.6 Å². The number of aromatic nitrogens is 3. The first-order chi connectivity index (χ1) is 9.34. The van der Waals surface area contributed by atoms with E-state index in [9.17, 15) is 0 Å². The molecule has 2 N–H and O–H groups in total. The van der Waals surface area contributed by atoms with Gasteiger partial charge in [0.15, 0.2) is 5.82 Å². The van der Waals surface area contributed by atoms with Gasteiger partial charge in [0.05, 0.1) is 5.69 Å². The van der Waals surface area contributed by atoms with Crippen LogP contribution in [0.2, 0.25) is 0 Å². The normalized spacial score (nSPS) is 14.7. The number of unbranched alkanes of at least 4 members (excludes halogenated alkanes) is 1. The zero-order valence-corrected chi connectivity index (χ0v) is 11.1. The molecule has 1 aliphatic rings. The fourth-order valence-corrected chi connectivity index (χ4v) is 2.51. The number of hydrogen-bond donors (Lipinski definition) is 1. The molecule has 0 unspecified atom stereocenters. The molecule has 0 saturated heterocycles. The van der Waals surface area contributed by atoms with Gasteiger partial charge in [0.1, 0.15) is 0 Å². The van der Waals surface area contributed by atoms with Crippen LogP contribution in [0, 0.1) is 0 Å². The lowest BCUT2D eigenvalue weighted by molar-refractivity contribution is 0.523. The molecule has 1 fully saturated rings. The molecule has 0 atom stereocenters. The highest BCUT2D eigenvalue weighted by atomic mass is 15.4. The summed E-state index contributed by atoms with van der Waals surface area (Å²) in [5.74, 6) is 1.25. The summed E-state index contributed by atoms with van der Waals surface area (Å²) in [6.07, 6.45) is 5.90. The highest BCUT2D eigenvalue weighted by Crippen LogP contribution is 2.41. The number of hydrogen-bond acceptors (Lipinski definition) is 3. The van der Waals surface area contributed by atoms with Crippen molar-refractivity contribution in [2.24, 2.45) is 0 Å². The van der Waals surface area contributed by atoms with Crippen molar-refractivity contribution < 1.29 is 0 Å². The largest absolute Gasteiger partial charge is 0.381 e. The fourth-order valence-electron chi connectivity index (χ4n) is 2.51. The molecule has 0 amide bonds. The number of aryl methyl sites for hydroxylation is 2. The van der Waals surface area contributed by atoms with Crippen LogP contribution in [0.1, 0.15) is 42.9 Å². The summed E-state index contributed by atoms with van der Waals surface area (Å²) >= 11 is 0. The van der Waals surface area contributed by atoms with E-state index in [1.165, 1.54) is 30.5 Å². The molecule has 1 heterocycles. The van der Waals surface area contributed by atoms with Gasteiger partial charge in [0, 0.05) is 12.5 Å². The Morgan fingerprint density at radius 3 is 2.68 bits per heavy atom. The van der Waals surface area contributed by atoms with Gasteiger partial charge < -0.3 is 5.73 Å². The minimum absolute atomic E-state index is 0.615. The van der Waals surface area contributed by atoms with Crippen LogP contribution in [0.15, 0.2) is 30.3 Å². The van der Waals surface area contributed by atoms with Gasteiger partial charge in [0.25, 0.3) is 0 Å². The molecule has 4 heteroatoms. The summed E-state index contributed by atoms with van der Waals surface area (Å²) in [4.78, 5) is 0. The lowest BCUT2D eigenvalue weighted by Gasteiger charge is -2.06. The Morgan fingerprint density at radius 1 is 1.16 bits per heavy atom. The van der Waals surface area contributed by atoms with Crippen LogP contribution >= 0.6 is 0 Å². The maximum absolute atomic E-state index is 5.88. The zero-order chi connectivity index (χ0) is 13.1. The van der Waals surface area contributed by atoms with Gasteiger partial charge in [-0.25, -0.2) is 4.68 Å². The van der Waals surface area contributed by atoms with Crippen LogP contribution in [0.5, 0.6) is 0 Å². The highest BCUT2D eigenvalue weighted by Gasteiger charge is 2.30. The summed E-state index contributed by atoms with van der Waals surface area (Å²) in [5.41, 5.74) is 8.46. The Labute approximate surface area is 113 Å². The Hall–Kier alpha value is -1.84. The van der Waals surface area contributed by atoms with Crippen molar-refractivity contribution in [1.82, 2.24) is 15.0 Å². The van der Waals surface area contributed by atoms with E-state index in [0.29, 0.717) is 11.7 Å². The van der Waals surface area contributed by atoms with E-state index in [4.69, 9.17) is 5.73 Å². The average molecular weight is 256 g/mol. The second kappa shape index (κ2) is 5.43. The first kappa shape index (κ1) is 12.2. The Kier molecular flexibility index (Phi) is 3.49. The van der Waals surface area contributed by atoms with Crippen LogP contribution in [0.3, 0.4) is 0 Å². The Bertz CT molecular complexity index is 528. The minimum Gasteiger partial charge on any atom is -0.381 e. The molecule has 1 aliphatic carbocycles. The van der Waals surface area contributed by atoms with Crippen molar-refractivity contribution in [3.05, 3.63) is 41.6 Å². The quantitative estimate of drug-likeness (QED) is 0.808. The van der Waals surface area contributed by atoms with Crippen molar-refractivity contribution in [3.8, 4) is 0 Å². The summed E-state index contributed by atoms with van der Waals surface area (Å²) < 4.78 is 2.01. The van der Waals surface area contributed by atoms with Gasteiger partial charge in [-0.05, 0) is 37.7 Å². The number of nitrogens with zero attached hydrogens (tertiary/aromatic N) is 3. The fraction of sp³-hybridized carbons (Fsp3) is 0.467. The number of nitrogens with two attached hydrogens (primary N) is 1. The maximum atomic E-state index is 5.88. The van der Waals surface area contributed by atoms with Crippen molar-refractivity contribution >= 4 is 5.82 Å². The number of nitrogen functional groups attached to an aromatic ring is 1. The minimum atomic E-state index is 0.615. The lowest BCUT2D eigenvalue weighted by atomic mass is 10.1. The first-order valence-corrected chi connectivity index (χ1v) is 7.07. The predicted octanol–water partition coefficient (Wildman–Crippen LogP) is 2.76. The molecule has 1 saturated carbocycles. The standard InChI is InChI=1S/C15H20N4/c16-15-14(13-9-10-13)19(18-17-15)11-5-4-8-12-6-2-1-3-7-12/h1-3,6-7,13H,4-5,8-11,16H2. The first-order valence-electron chi connectivity index (χ1n) is 7.07.